The highest BCUT2D eigenvalue weighted by molar-refractivity contribution is 7.86. The molecule has 20 heavy (non-hydrogen) atoms. The SMILES string of the molecule is COP(=O)(OC)C1OS(=O)(=O)N=C1c1ccc(C)cc1. The molecule has 0 amide bonds. The van der Waals surface area contributed by atoms with Crippen LogP contribution in [-0.2, 0) is 28.1 Å². The minimum absolute atomic E-state index is 0.0111. The minimum Gasteiger partial charge on any atom is -0.310 e. The molecule has 9 heteroatoms. The second-order valence-corrected chi connectivity index (χ2v) is 7.63. The molecule has 1 aliphatic heterocycles. The summed E-state index contributed by atoms with van der Waals surface area (Å²) in [5.74, 6) is -1.40. The monoisotopic (exact) mass is 319 g/mol. The molecule has 1 atom stereocenters. The third kappa shape index (κ3) is 2.84. The van der Waals surface area contributed by atoms with E-state index in [-0.39, 0.29) is 5.71 Å². The second kappa shape index (κ2) is 5.38. The van der Waals surface area contributed by atoms with Crippen LogP contribution < -0.4 is 0 Å². The second-order valence-electron chi connectivity index (χ2n) is 4.12. The fourth-order valence-corrected chi connectivity index (χ4v) is 4.41. The molecule has 0 fully saturated rings. The number of hydrogen-bond donors (Lipinski definition) is 0. The number of aryl methyl sites for hydroxylation is 1. The van der Waals surface area contributed by atoms with E-state index in [0.29, 0.717) is 5.56 Å². The predicted octanol–water partition coefficient (Wildman–Crippen LogP) is 1.87. The lowest BCUT2D eigenvalue weighted by atomic mass is 10.1. The van der Waals surface area contributed by atoms with Gasteiger partial charge in [0.05, 0.1) is 0 Å². The number of nitrogens with zero attached hydrogens (tertiary/aromatic N) is 1. The molecule has 0 N–H and O–H groups in total. The Hall–Kier alpha value is -1.05. The summed E-state index contributed by atoms with van der Waals surface area (Å²) >= 11 is 0. The number of benzene rings is 1. The largest absolute Gasteiger partial charge is 0.382 e. The quantitative estimate of drug-likeness (QED) is 0.787. The molecule has 1 unspecified atom stereocenters. The zero-order valence-corrected chi connectivity index (χ0v) is 12.8. The first-order valence-corrected chi connectivity index (χ1v) is 8.60. The van der Waals surface area contributed by atoms with Gasteiger partial charge in [0.1, 0.15) is 5.71 Å². The molecule has 1 aromatic carbocycles. The third-order valence-corrected chi connectivity index (χ3v) is 5.74. The van der Waals surface area contributed by atoms with Crippen molar-refractivity contribution in [3.8, 4) is 0 Å². The van der Waals surface area contributed by atoms with Crippen LogP contribution in [0.4, 0.5) is 0 Å². The zero-order chi connectivity index (χ0) is 15.0. The molecule has 0 saturated carbocycles. The van der Waals surface area contributed by atoms with Crippen molar-refractivity contribution < 1.29 is 26.2 Å². The molecular weight excluding hydrogens is 305 g/mol. The van der Waals surface area contributed by atoms with Gasteiger partial charge >= 0.3 is 17.9 Å². The van der Waals surface area contributed by atoms with Crippen LogP contribution in [0.2, 0.25) is 0 Å². The molecular formula is C11H14NO6PS. The topological polar surface area (TPSA) is 91.3 Å². The van der Waals surface area contributed by atoms with Gasteiger partial charge in [-0.15, -0.1) is 4.40 Å². The summed E-state index contributed by atoms with van der Waals surface area (Å²) in [5, 5.41) is 0. The highest BCUT2D eigenvalue weighted by Crippen LogP contribution is 2.55. The highest BCUT2D eigenvalue weighted by Gasteiger charge is 2.47. The Balaban J connectivity index is 2.52. The molecule has 1 aromatic rings. The van der Waals surface area contributed by atoms with E-state index in [1.807, 2.05) is 6.92 Å². The molecule has 0 bridgehead atoms. The van der Waals surface area contributed by atoms with Gasteiger partial charge in [0, 0.05) is 19.8 Å². The summed E-state index contributed by atoms with van der Waals surface area (Å²) in [4.78, 5) is 0. The fourth-order valence-electron chi connectivity index (χ4n) is 1.74. The van der Waals surface area contributed by atoms with Crippen LogP contribution in [0.1, 0.15) is 11.1 Å². The molecule has 0 radical (unpaired) electrons. The van der Waals surface area contributed by atoms with Gasteiger partial charge in [0.25, 0.3) is 0 Å². The Kier molecular flexibility index (Phi) is 4.13. The van der Waals surface area contributed by atoms with Crippen molar-refractivity contribution in [2.45, 2.75) is 12.8 Å². The lowest BCUT2D eigenvalue weighted by Crippen LogP contribution is -2.22. The molecule has 0 aliphatic carbocycles. The van der Waals surface area contributed by atoms with Gasteiger partial charge in [-0.2, -0.15) is 8.42 Å². The number of rotatable bonds is 4. The van der Waals surface area contributed by atoms with Crippen LogP contribution in [0.5, 0.6) is 0 Å². The summed E-state index contributed by atoms with van der Waals surface area (Å²) in [6.07, 6.45) is 0. The minimum atomic E-state index is -4.15. The third-order valence-electron chi connectivity index (χ3n) is 2.80. The van der Waals surface area contributed by atoms with Crippen molar-refractivity contribution in [3.05, 3.63) is 35.4 Å². The lowest BCUT2D eigenvalue weighted by molar-refractivity contribution is 0.227. The molecule has 1 heterocycles. The van der Waals surface area contributed by atoms with Crippen molar-refractivity contribution in [1.29, 1.82) is 0 Å². The van der Waals surface area contributed by atoms with E-state index in [1.54, 1.807) is 24.3 Å². The first kappa shape index (κ1) is 15.3. The Labute approximate surface area is 117 Å². The maximum absolute atomic E-state index is 12.4. The van der Waals surface area contributed by atoms with Gasteiger partial charge < -0.3 is 9.05 Å². The standard InChI is InChI=1S/C11H14NO6PS/c1-8-4-6-9(7-5-8)10-11(18-20(14,15)12-10)19(13,16-2)17-3/h4-7,11H,1-3H3. The van der Waals surface area contributed by atoms with Crippen LogP contribution in [0.15, 0.2) is 28.7 Å². The Bertz CT molecular complexity index is 673. The molecule has 110 valence electrons. The summed E-state index contributed by atoms with van der Waals surface area (Å²) < 4.78 is 53.3. The van der Waals surface area contributed by atoms with E-state index in [1.165, 1.54) is 0 Å². The van der Waals surface area contributed by atoms with E-state index in [0.717, 1.165) is 19.8 Å². The molecule has 0 spiro atoms. The maximum atomic E-state index is 12.4. The molecule has 0 aromatic heterocycles. The predicted molar refractivity (Wildman–Crippen MR) is 73.1 cm³/mol. The van der Waals surface area contributed by atoms with Gasteiger partial charge in [0.2, 0.25) is 5.85 Å². The summed E-state index contributed by atoms with van der Waals surface area (Å²) in [5.41, 5.74) is 1.49. The van der Waals surface area contributed by atoms with E-state index < -0.39 is 23.7 Å². The summed E-state index contributed by atoms with van der Waals surface area (Å²) in [7, 11) is -5.61. The van der Waals surface area contributed by atoms with Crippen LogP contribution in [-0.4, -0.2) is 34.2 Å². The van der Waals surface area contributed by atoms with Crippen molar-refractivity contribution in [1.82, 2.24) is 0 Å². The van der Waals surface area contributed by atoms with Gasteiger partial charge in [-0.3, -0.25) is 4.57 Å². The van der Waals surface area contributed by atoms with Crippen molar-refractivity contribution in [3.63, 3.8) is 0 Å². The van der Waals surface area contributed by atoms with Gasteiger partial charge in [0.15, 0.2) is 0 Å². The van der Waals surface area contributed by atoms with Crippen LogP contribution in [0.3, 0.4) is 0 Å². The summed E-state index contributed by atoms with van der Waals surface area (Å²) in [6.45, 7) is 1.89. The van der Waals surface area contributed by atoms with Gasteiger partial charge in [-0.1, -0.05) is 29.8 Å². The highest BCUT2D eigenvalue weighted by atomic mass is 32.2. The molecule has 0 saturated heterocycles. The fraction of sp³-hybridized carbons (Fsp3) is 0.364. The lowest BCUT2D eigenvalue weighted by Gasteiger charge is -2.19. The van der Waals surface area contributed by atoms with Crippen molar-refractivity contribution in [2.24, 2.45) is 4.40 Å². The molecule has 2 rings (SSSR count). The van der Waals surface area contributed by atoms with Crippen LogP contribution in [0, 0.1) is 6.92 Å². The van der Waals surface area contributed by atoms with Crippen LogP contribution >= 0.6 is 7.60 Å². The molecule has 7 nitrogen and oxygen atoms in total. The maximum Gasteiger partial charge on any atom is 0.382 e. The van der Waals surface area contributed by atoms with Gasteiger partial charge in [-0.05, 0) is 6.92 Å². The summed E-state index contributed by atoms with van der Waals surface area (Å²) in [6, 6.07) is 6.90. The molecule has 1 aliphatic rings. The van der Waals surface area contributed by atoms with Crippen molar-refractivity contribution >= 4 is 23.6 Å². The Morgan fingerprint density at radius 2 is 1.75 bits per heavy atom. The normalized spacial score (nSPS) is 21.8. The van der Waals surface area contributed by atoms with E-state index >= 15 is 0 Å². The number of hydrogen-bond acceptors (Lipinski definition) is 6. The Morgan fingerprint density at radius 3 is 2.25 bits per heavy atom. The van der Waals surface area contributed by atoms with Crippen LogP contribution in [0.25, 0.3) is 0 Å². The first-order valence-electron chi connectivity index (χ1n) is 5.62. The Morgan fingerprint density at radius 1 is 1.20 bits per heavy atom. The van der Waals surface area contributed by atoms with E-state index in [2.05, 4.69) is 4.40 Å². The average molecular weight is 319 g/mol. The zero-order valence-electron chi connectivity index (χ0n) is 11.1. The van der Waals surface area contributed by atoms with E-state index in [9.17, 15) is 13.0 Å². The van der Waals surface area contributed by atoms with Gasteiger partial charge in [-0.25, -0.2) is 4.18 Å². The van der Waals surface area contributed by atoms with E-state index in [4.69, 9.17) is 13.2 Å². The smallest absolute Gasteiger partial charge is 0.310 e. The first-order chi connectivity index (χ1) is 9.31. The van der Waals surface area contributed by atoms with Crippen molar-refractivity contribution in [2.75, 3.05) is 14.2 Å². The average Bonchev–Trinajstić information content (AvgIpc) is 2.75.